The van der Waals surface area contributed by atoms with Crippen molar-refractivity contribution in [1.29, 1.82) is 0 Å². The molecule has 3 N–H and O–H groups in total. The average molecular weight is 444 g/mol. The molecule has 0 spiro atoms. The molecule has 0 unspecified atom stereocenters. The molecule has 2 aromatic carbocycles. The third-order valence-corrected chi connectivity index (χ3v) is 5.64. The number of nitrogens with two attached hydrogens (primary N) is 1. The largest absolute Gasteiger partial charge is 0.465 e. The fourth-order valence-electron chi connectivity index (χ4n) is 4.02. The molecule has 1 aliphatic rings. The summed E-state index contributed by atoms with van der Waals surface area (Å²) in [6, 6.07) is 17.3. The van der Waals surface area contributed by atoms with Crippen molar-refractivity contribution in [2.24, 2.45) is 0 Å². The van der Waals surface area contributed by atoms with Gasteiger partial charge < -0.3 is 30.0 Å². The highest BCUT2D eigenvalue weighted by Crippen LogP contribution is 2.30. The number of nitrogens with zero attached hydrogens (tertiary/aromatic N) is 4. The lowest BCUT2D eigenvalue weighted by molar-refractivity contribution is 0.0602. The van der Waals surface area contributed by atoms with Gasteiger partial charge in [-0.1, -0.05) is 12.1 Å². The van der Waals surface area contributed by atoms with E-state index in [0.717, 1.165) is 43.2 Å². The SMILES string of the molecule is COC(=O)c1ccccc1Nc1nc(N)nc2ccn(-c3ccc(N4CCOCC4)cc3)c12. The Labute approximate surface area is 190 Å². The second-order valence-corrected chi connectivity index (χ2v) is 7.63. The average Bonchev–Trinajstić information content (AvgIpc) is 3.28. The number of ether oxygens (including phenoxy) is 2. The summed E-state index contributed by atoms with van der Waals surface area (Å²) in [5.41, 5.74) is 10.5. The molecule has 0 radical (unpaired) electrons. The standard InChI is InChI=1S/C24H24N6O3/c1-32-23(31)18-4-2-3-5-19(18)26-22-21-20(27-24(25)28-22)10-11-30(21)17-8-6-16(7-9-17)29-12-14-33-15-13-29/h2-11H,12-15H2,1H3,(H3,25,26,27,28). The molecule has 0 amide bonds. The number of benzene rings is 2. The Balaban J connectivity index is 1.54. The molecule has 3 heterocycles. The van der Waals surface area contributed by atoms with Crippen molar-refractivity contribution in [3.8, 4) is 5.69 Å². The van der Waals surface area contributed by atoms with Gasteiger partial charge in [0, 0.05) is 30.7 Å². The van der Waals surface area contributed by atoms with Gasteiger partial charge in [-0.2, -0.15) is 4.98 Å². The summed E-state index contributed by atoms with van der Waals surface area (Å²) in [7, 11) is 1.35. The Bertz CT molecular complexity index is 1300. The Morgan fingerprint density at radius 3 is 2.52 bits per heavy atom. The number of morpholine rings is 1. The van der Waals surface area contributed by atoms with Gasteiger partial charge in [-0.25, -0.2) is 9.78 Å². The lowest BCUT2D eigenvalue weighted by Gasteiger charge is -2.29. The van der Waals surface area contributed by atoms with Crippen LogP contribution in [0.3, 0.4) is 0 Å². The molecule has 1 aliphatic heterocycles. The summed E-state index contributed by atoms with van der Waals surface area (Å²) in [5, 5.41) is 3.26. The van der Waals surface area contributed by atoms with E-state index in [9.17, 15) is 4.79 Å². The van der Waals surface area contributed by atoms with Gasteiger partial charge in [0.2, 0.25) is 5.95 Å². The van der Waals surface area contributed by atoms with E-state index in [1.165, 1.54) is 7.11 Å². The second kappa shape index (κ2) is 8.79. The maximum atomic E-state index is 12.2. The van der Waals surface area contributed by atoms with Crippen LogP contribution in [0.15, 0.2) is 60.8 Å². The van der Waals surface area contributed by atoms with Gasteiger partial charge in [-0.3, -0.25) is 0 Å². The molecule has 0 atom stereocenters. The van der Waals surface area contributed by atoms with Crippen molar-refractivity contribution in [1.82, 2.24) is 14.5 Å². The molecule has 168 valence electrons. The van der Waals surface area contributed by atoms with Crippen molar-refractivity contribution in [3.05, 3.63) is 66.4 Å². The minimum absolute atomic E-state index is 0.140. The minimum Gasteiger partial charge on any atom is -0.465 e. The number of nitrogens with one attached hydrogen (secondary N) is 1. The fraction of sp³-hybridized carbons (Fsp3) is 0.208. The molecular formula is C24H24N6O3. The zero-order valence-electron chi connectivity index (χ0n) is 18.2. The van der Waals surface area contributed by atoms with Crippen LogP contribution in [0.25, 0.3) is 16.7 Å². The predicted octanol–water partition coefficient (Wildman–Crippen LogP) is 3.37. The van der Waals surface area contributed by atoms with Gasteiger partial charge in [-0.15, -0.1) is 0 Å². The van der Waals surface area contributed by atoms with Crippen molar-refractivity contribution >= 4 is 40.1 Å². The molecule has 0 bridgehead atoms. The Hall–Kier alpha value is -4.11. The van der Waals surface area contributed by atoms with Gasteiger partial charge >= 0.3 is 5.97 Å². The first kappa shape index (κ1) is 20.8. The second-order valence-electron chi connectivity index (χ2n) is 7.63. The van der Waals surface area contributed by atoms with Gasteiger partial charge in [0.05, 0.1) is 37.1 Å². The van der Waals surface area contributed by atoms with E-state index in [4.69, 9.17) is 15.2 Å². The van der Waals surface area contributed by atoms with E-state index in [1.54, 1.807) is 18.2 Å². The number of aromatic nitrogens is 3. The predicted molar refractivity (Wildman–Crippen MR) is 127 cm³/mol. The first-order chi connectivity index (χ1) is 16.1. The summed E-state index contributed by atoms with van der Waals surface area (Å²) in [6.45, 7) is 3.24. The van der Waals surface area contributed by atoms with Crippen LogP contribution < -0.4 is 16.0 Å². The van der Waals surface area contributed by atoms with Crippen LogP contribution in [-0.2, 0) is 9.47 Å². The molecule has 0 saturated carbocycles. The number of methoxy groups -OCH3 is 1. The summed E-state index contributed by atoms with van der Waals surface area (Å²) in [5.74, 6) is 0.197. The highest BCUT2D eigenvalue weighted by Gasteiger charge is 2.17. The zero-order chi connectivity index (χ0) is 22.8. The van der Waals surface area contributed by atoms with Crippen molar-refractivity contribution < 1.29 is 14.3 Å². The summed E-state index contributed by atoms with van der Waals surface area (Å²) in [4.78, 5) is 23.3. The maximum Gasteiger partial charge on any atom is 0.339 e. The topological polar surface area (TPSA) is 108 Å². The van der Waals surface area contributed by atoms with Crippen LogP contribution in [0, 0.1) is 0 Å². The van der Waals surface area contributed by atoms with E-state index in [-0.39, 0.29) is 5.95 Å². The van der Waals surface area contributed by atoms with E-state index in [2.05, 4.69) is 44.5 Å². The lowest BCUT2D eigenvalue weighted by Crippen LogP contribution is -2.36. The number of nitrogen functional groups attached to an aromatic ring is 1. The first-order valence-electron chi connectivity index (χ1n) is 10.7. The minimum atomic E-state index is -0.439. The van der Waals surface area contributed by atoms with E-state index >= 15 is 0 Å². The normalized spacial score (nSPS) is 13.8. The Morgan fingerprint density at radius 1 is 1.03 bits per heavy atom. The van der Waals surface area contributed by atoms with Gasteiger partial charge in [-0.05, 0) is 42.5 Å². The van der Waals surface area contributed by atoms with Crippen LogP contribution >= 0.6 is 0 Å². The van der Waals surface area contributed by atoms with E-state index in [1.807, 2.05) is 22.9 Å². The molecule has 1 saturated heterocycles. The molecule has 5 rings (SSSR count). The van der Waals surface area contributed by atoms with Crippen LogP contribution in [0.5, 0.6) is 0 Å². The van der Waals surface area contributed by atoms with Crippen LogP contribution in [-0.4, -0.2) is 53.9 Å². The zero-order valence-corrected chi connectivity index (χ0v) is 18.2. The number of carbonyl (C=O) groups is 1. The highest BCUT2D eigenvalue weighted by atomic mass is 16.5. The molecule has 0 aliphatic carbocycles. The summed E-state index contributed by atoms with van der Waals surface area (Å²) >= 11 is 0. The molecule has 33 heavy (non-hydrogen) atoms. The molecule has 4 aromatic rings. The maximum absolute atomic E-state index is 12.2. The first-order valence-corrected chi connectivity index (χ1v) is 10.7. The quantitative estimate of drug-likeness (QED) is 0.451. The third kappa shape index (κ3) is 4.06. The fourth-order valence-corrected chi connectivity index (χ4v) is 4.02. The number of hydrogen-bond donors (Lipinski definition) is 2. The number of esters is 1. The van der Waals surface area contributed by atoms with E-state index < -0.39 is 5.97 Å². The third-order valence-electron chi connectivity index (χ3n) is 5.64. The van der Waals surface area contributed by atoms with Gasteiger partial charge in [0.1, 0.15) is 5.52 Å². The molecule has 9 nitrogen and oxygen atoms in total. The van der Waals surface area contributed by atoms with Crippen molar-refractivity contribution in [2.75, 3.05) is 49.4 Å². The van der Waals surface area contributed by atoms with Gasteiger partial charge in [0.25, 0.3) is 0 Å². The number of fused-ring (bicyclic) bond motifs is 1. The van der Waals surface area contributed by atoms with Crippen molar-refractivity contribution in [3.63, 3.8) is 0 Å². The molecule has 9 heteroatoms. The van der Waals surface area contributed by atoms with Gasteiger partial charge in [0.15, 0.2) is 5.82 Å². The Kier molecular flexibility index (Phi) is 5.54. The molecule has 1 fully saturated rings. The highest BCUT2D eigenvalue weighted by molar-refractivity contribution is 5.98. The molecule has 2 aromatic heterocycles. The molecular weight excluding hydrogens is 420 g/mol. The van der Waals surface area contributed by atoms with Crippen LogP contribution in [0.4, 0.5) is 23.1 Å². The number of para-hydroxylation sites is 1. The lowest BCUT2D eigenvalue weighted by atomic mass is 10.2. The number of anilines is 4. The number of carbonyl (C=O) groups excluding carboxylic acids is 1. The summed E-state index contributed by atoms with van der Waals surface area (Å²) in [6.07, 6.45) is 1.93. The monoisotopic (exact) mass is 444 g/mol. The van der Waals surface area contributed by atoms with Crippen molar-refractivity contribution in [2.45, 2.75) is 0 Å². The summed E-state index contributed by atoms with van der Waals surface area (Å²) < 4.78 is 12.4. The number of rotatable bonds is 5. The van der Waals surface area contributed by atoms with E-state index in [0.29, 0.717) is 22.6 Å². The smallest absolute Gasteiger partial charge is 0.339 e. The van der Waals surface area contributed by atoms with Crippen LogP contribution in [0.1, 0.15) is 10.4 Å². The van der Waals surface area contributed by atoms with Crippen LogP contribution in [0.2, 0.25) is 0 Å². The number of hydrogen-bond acceptors (Lipinski definition) is 8. The Morgan fingerprint density at radius 2 is 1.76 bits per heavy atom.